The van der Waals surface area contributed by atoms with Gasteiger partial charge in [0, 0.05) is 31.5 Å². The molecule has 0 saturated heterocycles. The number of nitrogens with zero attached hydrogens (tertiary/aromatic N) is 3. The van der Waals surface area contributed by atoms with E-state index in [1.165, 1.54) is 0 Å². The molecule has 2 heterocycles. The number of hydrogen-bond donors (Lipinski definition) is 0. The van der Waals surface area contributed by atoms with Crippen molar-refractivity contribution in [2.75, 3.05) is 27.9 Å². The lowest BCUT2D eigenvalue weighted by molar-refractivity contribution is 0.175. The molecular weight excluding hydrogens is 366 g/mol. The van der Waals surface area contributed by atoms with Gasteiger partial charge in [-0.2, -0.15) is 4.98 Å². The fourth-order valence-corrected chi connectivity index (χ4v) is 3.54. The summed E-state index contributed by atoms with van der Waals surface area (Å²) < 4.78 is 18.2. The van der Waals surface area contributed by atoms with Crippen molar-refractivity contribution >= 4 is 22.6 Å². The van der Waals surface area contributed by atoms with E-state index in [4.69, 9.17) is 30.8 Å². The summed E-state index contributed by atoms with van der Waals surface area (Å²) in [6, 6.07) is 8.28. The Bertz CT molecular complexity index is 926. The average molecular weight is 390 g/mol. The Balaban J connectivity index is 2.17. The highest BCUT2D eigenvalue weighted by molar-refractivity contribution is 6.33. The van der Waals surface area contributed by atoms with Crippen LogP contribution in [0.4, 0.5) is 0 Å². The first-order valence-electron chi connectivity index (χ1n) is 8.88. The third-order valence-corrected chi connectivity index (χ3v) is 4.99. The standard InChI is InChI=1S/C20H24ClN3O3/c1-5-13(9-11-25-2)24-17-8-10-22-18(19(17)23-20(24)27-4)15-7-6-14(26-3)12-16(15)21/h6-8,10,12-13H,5,9,11H2,1-4H3. The number of ether oxygens (including phenoxy) is 3. The lowest BCUT2D eigenvalue weighted by Gasteiger charge is -2.19. The van der Waals surface area contributed by atoms with Gasteiger partial charge in [0.25, 0.3) is 6.01 Å². The third kappa shape index (κ3) is 3.73. The van der Waals surface area contributed by atoms with Gasteiger partial charge in [0.2, 0.25) is 0 Å². The van der Waals surface area contributed by atoms with E-state index in [9.17, 15) is 0 Å². The van der Waals surface area contributed by atoms with Crippen LogP contribution < -0.4 is 9.47 Å². The molecule has 0 aliphatic heterocycles. The minimum absolute atomic E-state index is 0.214. The predicted molar refractivity (Wildman–Crippen MR) is 107 cm³/mol. The third-order valence-electron chi connectivity index (χ3n) is 4.68. The summed E-state index contributed by atoms with van der Waals surface area (Å²) in [5.74, 6) is 0.699. The maximum atomic E-state index is 6.48. The zero-order valence-electron chi connectivity index (χ0n) is 16.0. The largest absolute Gasteiger partial charge is 0.497 e. The Morgan fingerprint density at radius 2 is 1.96 bits per heavy atom. The summed E-state index contributed by atoms with van der Waals surface area (Å²) in [6.07, 6.45) is 3.58. The molecule has 0 bridgehead atoms. The van der Waals surface area contributed by atoms with Gasteiger partial charge >= 0.3 is 0 Å². The molecule has 1 aromatic carbocycles. The Morgan fingerprint density at radius 3 is 2.59 bits per heavy atom. The molecule has 0 spiro atoms. The summed E-state index contributed by atoms with van der Waals surface area (Å²) in [7, 11) is 4.96. The van der Waals surface area contributed by atoms with Gasteiger partial charge in [-0.15, -0.1) is 0 Å². The Kier molecular flexibility index (Phi) is 6.19. The van der Waals surface area contributed by atoms with Gasteiger partial charge in [-0.1, -0.05) is 18.5 Å². The zero-order chi connectivity index (χ0) is 19.4. The fraction of sp³-hybridized carbons (Fsp3) is 0.400. The number of pyridine rings is 1. The van der Waals surface area contributed by atoms with Crippen molar-refractivity contribution in [2.45, 2.75) is 25.8 Å². The monoisotopic (exact) mass is 389 g/mol. The van der Waals surface area contributed by atoms with Crippen molar-refractivity contribution in [1.29, 1.82) is 0 Å². The van der Waals surface area contributed by atoms with Gasteiger partial charge in [0.1, 0.15) is 11.3 Å². The van der Waals surface area contributed by atoms with E-state index in [-0.39, 0.29) is 6.04 Å². The molecule has 2 aromatic heterocycles. The summed E-state index contributed by atoms with van der Waals surface area (Å²) in [5.41, 5.74) is 3.25. The van der Waals surface area contributed by atoms with Crippen molar-refractivity contribution in [2.24, 2.45) is 0 Å². The van der Waals surface area contributed by atoms with Gasteiger partial charge < -0.3 is 14.2 Å². The van der Waals surface area contributed by atoms with Gasteiger partial charge in [-0.05, 0) is 37.1 Å². The lowest BCUT2D eigenvalue weighted by Crippen LogP contribution is -2.12. The summed E-state index contributed by atoms with van der Waals surface area (Å²) in [6.45, 7) is 2.82. The van der Waals surface area contributed by atoms with Crippen molar-refractivity contribution in [1.82, 2.24) is 14.5 Å². The zero-order valence-corrected chi connectivity index (χ0v) is 16.8. The molecule has 1 atom stereocenters. The van der Waals surface area contributed by atoms with Crippen LogP contribution in [0.15, 0.2) is 30.5 Å². The highest BCUT2D eigenvalue weighted by Crippen LogP contribution is 2.37. The summed E-state index contributed by atoms with van der Waals surface area (Å²) in [5, 5.41) is 0.564. The first kappa shape index (κ1) is 19.5. The van der Waals surface area contributed by atoms with Gasteiger partial charge in [-0.3, -0.25) is 9.55 Å². The molecule has 144 valence electrons. The second-order valence-electron chi connectivity index (χ2n) is 6.19. The number of imidazole rings is 1. The molecule has 0 radical (unpaired) electrons. The minimum Gasteiger partial charge on any atom is -0.497 e. The van der Waals surface area contributed by atoms with E-state index in [0.29, 0.717) is 23.4 Å². The molecule has 0 fully saturated rings. The van der Waals surface area contributed by atoms with Crippen molar-refractivity contribution in [3.05, 3.63) is 35.5 Å². The molecular formula is C20H24ClN3O3. The lowest BCUT2D eigenvalue weighted by atomic mass is 10.1. The van der Waals surface area contributed by atoms with E-state index in [1.54, 1.807) is 33.6 Å². The molecule has 27 heavy (non-hydrogen) atoms. The van der Waals surface area contributed by atoms with Crippen LogP contribution in [0.2, 0.25) is 5.02 Å². The Labute approximate surface area is 164 Å². The van der Waals surface area contributed by atoms with E-state index >= 15 is 0 Å². The van der Waals surface area contributed by atoms with Gasteiger partial charge in [0.15, 0.2) is 0 Å². The molecule has 0 N–H and O–H groups in total. The van der Waals surface area contributed by atoms with Crippen molar-refractivity contribution < 1.29 is 14.2 Å². The molecule has 7 heteroatoms. The maximum absolute atomic E-state index is 6.48. The second-order valence-corrected chi connectivity index (χ2v) is 6.59. The van der Waals surface area contributed by atoms with Crippen LogP contribution in [0.1, 0.15) is 25.8 Å². The summed E-state index contributed by atoms with van der Waals surface area (Å²) >= 11 is 6.48. The van der Waals surface area contributed by atoms with Crippen molar-refractivity contribution in [3.8, 4) is 23.0 Å². The van der Waals surface area contributed by atoms with E-state index in [0.717, 1.165) is 35.1 Å². The quantitative estimate of drug-likeness (QED) is 0.556. The van der Waals surface area contributed by atoms with Crippen LogP contribution >= 0.6 is 11.6 Å². The van der Waals surface area contributed by atoms with E-state index in [1.807, 2.05) is 18.2 Å². The molecule has 3 aromatic rings. The topological polar surface area (TPSA) is 58.4 Å². The number of rotatable bonds is 8. The van der Waals surface area contributed by atoms with Gasteiger partial charge in [0.05, 0.1) is 30.5 Å². The predicted octanol–water partition coefficient (Wildman–Crippen LogP) is 4.76. The molecule has 0 saturated carbocycles. The SMILES string of the molecule is CCC(CCOC)n1c(OC)nc2c(-c3ccc(OC)cc3Cl)nccc21. The maximum Gasteiger partial charge on any atom is 0.297 e. The van der Waals surface area contributed by atoms with Crippen LogP contribution in [0, 0.1) is 0 Å². The molecule has 1 unspecified atom stereocenters. The number of fused-ring (bicyclic) bond motifs is 1. The van der Waals surface area contributed by atoms with Crippen LogP contribution in [0.5, 0.6) is 11.8 Å². The molecule has 3 rings (SSSR count). The highest BCUT2D eigenvalue weighted by Gasteiger charge is 2.22. The average Bonchev–Trinajstić information content (AvgIpc) is 3.07. The van der Waals surface area contributed by atoms with Gasteiger partial charge in [-0.25, -0.2) is 0 Å². The normalized spacial score (nSPS) is 12.3. The van der Waals surface area contributed by atoms with Crippen LogP contribution in [0.25, 0.3) is 22.3 Å². The molecule has 0 amide bonds. The Hall–Kier alpha value is -2.31. The number of methoxy groups -OCH3 is 3. The number of aromatic nitrogens is 3. The summed E-state index contributed by atoms with van der Waals surface area (Å²) in [4.78, 5) is 9.26. The minimum atomic E-state index is 0.214. The number of benzene rings is 1. The molecule has 6 nitrogen and oxygen atoms in total. The first-order valence-corrected chi connectivity index (χ1v) is 9.26. The second kappa shape index (κ2) is 8.59. The molecule has 0 aliphatic carbocycles. The smallest absolute Gasteiger partial charge is 0.297 e. The van der Waals surface area contributed by atoms with Crippen LogP contribution in [0.3, 0.4) is 0 Å². The van der Waals surface area contributed by atoms with E-state index in [2.05, 4.69) is 16.5 Å². The highest BCUT2D eigenvalue weighted by atomic mass is 35.5. The molecule has 0 aliphatic rings. The first-order chi connectivity index (χ1) is 13.1. The number of hydrogen-bond acceptors (Lipinski definition) is 5. The van der Waals surface area contributed by atoms with Crippen LogP contribution in [-0.4, -0.2) is 42.5 Å². The van der Waals surface area contributed by atoms with Crippen LogP contribution in [-0.2, 0) is 4.74 Å². The Morgan fingerprint density at radius 1 is 1.15 bits per heavy atom. The van der Waals surface area contributed by atoms with E-state index < -0.39 is 0 Å². The number of halogens is 1. The van der Waals surface area contributed by atoms with Crippen molar-refractivity contribution in [3.63, 3.8) is 0 Å². The fourth-order valence-electron chi connectivity index (χ4n) is 3.28.